The molecule has 0 bridgehead atoms. The summed E-state index contributed by atoms with van der Waals surface area (Å²) in [6.07, 6.45) is 1.19. The molecule has 20 heavy (non-hydrogen) atoms. The van der Waals surface area contributed by atoms with Crippen LogP contribution in [0, 0.1) is 11.7 Å². The van der Waals surface area contributed by atoms with Crippen molar-refractivity contribution in [2.45, 2.75) is 52.2 Å². The quantitative estimate of drug-likeness (QED) is 0.908. The molecule has 0 amide bonds. The van der Waals surface area contributed by atoms with Crippen LogP contribution in [0.4, 0.5) is 4.39 Å². The molecule has 1 fully saturated rings. The van der Waals surface area contributed by atoms with E-state index in [9.17, 15) is 4.39 Å². The molecule has 2 nitrogen and oxygen atoms in total. The van der Waals surface area contributed by atoms with Crippen molar-refractivity contribution >= 4 is 0 Å². The number of nitrogens with one attached hydrogen (secondary N) is 1. The molecule has 0 radical (unpaired) electrons. The molecule has 2 atom stereocenters. The van der Waals surface area contributed by atoms with Crippen molar-refractivity contribution in [1.82, 2.24) is 10.2 Å². The van der Waals surface area contributed by atoms with E-state index in [0.717, 1.165) is 19.6 Å². The highest BCUT2D eigenvalue weighted by molar-refractivity contribution is 5.16. The van der Waals surface area contributed by atoms with Crippen LogP contribution in [0.15, 0.2) is 24.3 Å². The molecule has 1 aliphatic rings. The Kier molecular flexibility index (Phi) is 4.82. The van der Waals surface area contributed by atoms with Crippen molar-refractivity contribution in [3.05, 3.63) is 35.6 Å². The van der Waals surface area contributed by atoms with E-state index in [1.165, 1.54) is 12.0 Å². The summed E-state index contributed by atoms with van der Waals surface area (Å²) in [5.74, 6) is 0.506. The van der Waals surface area contributed by atoms with Crippen LogP contribution < -0.4 is 5.32 Å². The molecule has 1 saturated heterocycles. The van der Waals surface area contributed by atoms with Gasteiger partial charge in [-0.25, -0.2) is 4.39 Å². The molecular formula is C17H27FN2. The van der Waals surface area contributed by atoms with Gasteiger partial charge in [-0.3, -0.25) is 4.90 Å². The predicted molar refractivity (Wildman–Crippen MR) is 82.1 cm³/mol. The van der Waals surface area contributed by atoms with E-state index in [1.807, 2.05) is 12.1 Å². The molecular weight excluding hydrogens is 251 g/mol. The standard InChI is InChI=1S/C17H27FN2/c1-5-13(2)16-10-19-17(3,4)12-20(16)11-14-6-8-15(18)9-7-14/h6-9,13,16,19H,5,10-12H2,1-4H3. The summed E-state index contributed by atoms with van der Waals surface area (Å²) < 4.78 is 13.0. The maximum absolute atomic E-state index is 13.0. The fourth-order valence-corrected chi connectivity index (χ4v) is 3.02. The fourth-order valence-electron chi connectivity index (χ4n) is 3.02. The van der Waals surface area contributed by atoms with Gasteiger partial charge in [0.1, 0.15) is 5.82 Å². The van der Waals surface area contributed by atoms with Crippen molar-refractivity contribution < 1.29 is 4.39 Å². The van der Waals surface area contributed by atoms with Crippen LogP contribution in [-0.2, 0) is 6.54 Å². The number of piperazine rings is 1. The second-order valence-electron chi connectivity index (χ2n) is 6.75. The molecule has 1 heterocycles. The van der Waals surface area contributed by atoms with Gasteiger partial charge in [0, 0.05) is 31.2 Å². The minimum absolute atomic E-state index is 0.143. The lowest BCUT2D eigenvalue weighted by atomic mass is 9.90. The monoisotopic (exact) mass is 278 g/mol. The molecule has 112 valence electrons. The van der Waals surface area contributed by atoms with Crippen molar-refractivity contribution in [2.24, 2.45) is 5.92 Å². The average molecular weight is 278 g/mol. The Balaban J connectivity index is 2.12. The second-order valence-corrected chi connectivity index (χ2v) is 6.75. The zero-order chi connectivity index (χ0) is 14.8. The van der Waals surface area contributed by atoms with Gasteiger partial charge in [-0.15, -0.1) is 0 Å². The van der Waals surface area contributed by atoms with Crippen LogP contribution in [0.25, 0.3) is 0 Å². The van der Waals surface area contributed by atoms with E-state index >= 15 is 0 Å². The van der Waals surface area contributed by atoms with Crippen LogP contribution in [0.1, 0.15) is 39.7 Å². The lowest BCUT2D eigenvalue weighted by Gasteiger charge is -2.47. The summed E-state index contributed by atoms with van der Waals surface area (Å²) in [4.78, 5) is 2.55. The first-order valence-electron chi connectivity index (χ1n) is 7.65. The lowest BCUT2D eigenvalue weighted by Crippen LogP contribution is -2.62. The van der Waals surface area contributed by atoms with E-state index in [2.05, 4.69) is 37.9 Å². The largest absolute Gasteiger partial charge is 0.309 e. The maximum atomic E-state index is 13.0. The Bertz CT molecular complexity index is 427. The summed E-state index contributed by atoms with van der Waals surface area (Å²) in [5.41, 5.74) is 1.33. The third-order valence-corrected chi connectivity index (χ3v) is 4.46. The van der Waals surface area contributed by atoms with Crippen LogP contribution in [0.3, 0.4) is 0 Å². The Hall–Kier alpha value is -0.930. The van der Waals surface area contributed by atoms with E-state index < -0.39 is 0 Å². The first-order chi connectivity index (χ1) is 9.41. The van der Waals surface area contributed by atoms with Gasteiger partial charge in [-0.1, -0.05) is 32.4 Å². The molecule has 3 heteroatoms. The maximum Gasteiger partial charge on any atom is 0.123 e. The molecule has 1 N–H and O–H groups in total. The third-order valence-electron chi connectivity index (χ3n) is 4.46. The van der Waals surface area contributed by atoms with Gasteiger partial charge < -0.3 is 5.32 Å². The molecule has 0 aromatic heterocycles. The number of hydrogen-bond acceptors (Lipinski definition) is 2. The third kappa shape index (κ3) is 3.80. The number of nitrogens with zero attached hydrogens (tertiary/aromatic N) is 1. The molecule has 0 aliphatic carbocycles. The predicted octanol–water partition coefficient (Wildman–Crippen LogP) is 3.42. The lowest BCUT2D eigenvalue weighted by molar-refractivity contribution is 0.0571. The zero-order valence-electron chi connectivity index (χ0n) is 13.1. The Labute approximate surface area is 122 Å². The highest BCUT2D eigenvalue weighted by Crippen LogP contribution is 2.24. The zero-order valence-corrected chi connectivity index (χ0v) is 13.1. The summed E-state index contributed by atoms with van der Waals surface area (Å²) in [6.45, 7) is 12.0. The average Bonchev–Trinajstić information content (AvgIpc) is 2.40. The fraction of sp³-hybridized carbons (Fsp3) is 0.647. The molecule has 1 aliphatic heterocycles. The summed E-state index contributed by atoms with van der Waals surface area (Å²) in [6, 6.07) is 7.47. The summed E-state index contributed by atoms with van der Waals surface area (Å²) in [7, 11) is 0. The van der Waals surface area contributed by atoms with Gasteiger partial charge >= 0.3 is 0 Å². The van der Waals surface area contributed by atoms with Crippen molar-refractivity contribution in [3.63, 3.8) is 0 Å². The number of hydrogen-bond donors (Lipinski definition) is 1. The molecule has 1 aromatic carbocycles. The van der Waals surface area contributed by atoms with Gasteiger partial charge in [0.25, 0.3) is 0 Å². The normalized spacial score (nSPS) is 24.6. The molecule has 2 unspecified atom stereocenters. The van der Waals surface area contributed by atoms with Crippen LogP contribution >= 0.6 is 0 Å². The first kappa shape index (κ1) is 15.5. The molecule has 0 saturated carbocycles. The van der Waals surface area contributed by atoms with E-state index in [-0.39, 0.29) is 11.4 Å². The summed E-state index contributed by atoms with van der Waals surface area (Å²) in [5, 5.41) is 3.65. The Morgan fingerprint density at radius 1 is 1.35 bits per heavy atom. The minimum atomic E-state index is -0.159. The number of benzene rings is 1. The van der Waals surface area contributed by atoms with Crippen molar-refractivity contribution in [2.75, 3.05) is 13.1 Å². The first-order valence-corrected chi connectivity index (χ1v) is 7.65. The number of halogens is 1. The van der Waals surface area contributed by atoms with Crippen molar-refractivity contribution in [1.29, 1.82) is 0 Å². The highest BCUT2D eigenvalue weighted by atomic mass is 19.1. The SMILES string of the molecule is CCC(C)C1CNC(C)(C)CN1Cc1ccc(F)cc1. The van der Waals surface area contributed by atoms with Crippen LogP contribution in [0.5, 0.6) is 0 Å². The molecule has 1 aromatic rings. The van der Waals surface area contributed by atoms with E-state index in [0.29, 0.717) is 12.0 Å². The Morgan fingerprint density at radius 2 is 2.00 bits per heavy atom. The minimum Gasteiger partial charge on any atom is -0.309 e. The Morgan fingerprint density at radius 3 is 2.60 bits per heavy atom. The summed E-state index contributed by atoms with van der Waals surface area (Å²) >= 11 is 0. The molecule has 0 spiro atoms. The number of rotatable bonds is 4. The van der Waals surface area contributed by atoms with Gasteiger partial charge in [-0.2, -0.15) is 0 Å². The highest BCUT2D eigenvalue weighted by Gasteiger charge is 2.34. The van der Waals surface area contributed by atoms with Gasteiger partial charge in [0.05, 0.1) is 0 Å². The van der Waals surface area contributed by atoms with Gasteiger partial charge in [0.2, 0.25) is 0 Å². The topological polar surface area (TPSA) is 15.3 Å². The van der Waals surface area contributed by atoms with Crippen LogP contribution in [-0.4, -0.2) is 29.6 Å². The van der Waals surface area contributed by atoms with Crippen molar-refractivity contribution in [3.8, 4) is 0 Å². The van der Waals surface area contributed by atoms with E-state index in [4.69, 9.17) is 0 Å². The molecule has 2 rings (SSSR count). The second kappa shape index (κ2) is 6.23. The van der Waals surface area contributed by atoms with Gasteiger partial charge in [-0.05, 0) is 37.5 Å². The van der Waals surface area contributed by atoms with E-state index in [1.54, 1.807) is 12.1 Å². The van der Waals surface area contributed by atoms with Gasteiger partial charge in [0.15, 0.2) is 0 Å². The smallest absolute Gasteiger partial charge is 0.123 e. The van der Waals surface area contributed by atoms with Crippen LogP contribution in [0.2, 0.25) is 0 Å².